The van der Waals surface area contributed by atoms with E-state index in [1.54, 1.807) is 13.0 Å². The van der Waals surface area contributed by atoms with Gasteiger partial charge < -0.3 is 10.4 Å². The van der Waals surface area contributed by atoms with E-state index in [1.165, 1.54) is 18.2 Å². The van der Waals surface area contributed by atoms with Crippen molar-refractivity contribution in [1.82, 2.24) is 5.32 Å². The molecule has 1 aromatic rings. The number of nitrogens with one attached hydrogen (secondary N) is 2. The molecule has 0 unspecified atom stereocenters. The molecule has 0 saturated heterocycles. The first-order valence-corrected chi connectivity index (χ1v) is 6.86. The smallest absolute Gasteiger partial charge is 0.320 e. The molecule has 8 heteroatoms. The summed E-state index contributed by atoms with van der Waals surface area (Å²) in [4.78, 5) is 33.2. The molecule has 0 aliphatic rings. The Morgan fingerprint density at radius 3 is 2.55 bits per heavy atom. The summed E-state index contributed by atoms with van der Waals surface area (Å²) >= 11 is 0. The number of carbonyl (C=O) groups excluding carboxylic acids is 1. The van der Waals surface area contributed by atoms with Crippen LogP contribution in [-0.2, 0) is 9.59 Å². The minimum absolute atomic E-state index is 0.0784. The fraction of sp³-hybridized carbons (Fsp3) is 0.429. The van der Waals surface area contributed by atoms with Crippen molar-refractivity contribution in [2.45, 2.75) is 26.3 Å². The second kappa shape index (κ2) is 8.08. The van der Waals surface area contributed by atoms with E-state index < -0.39 is 22.8 Å². The van der Waals surface area contributed by atoms with E-state index in [9.17, 15) is 19.7 Å². The van der Waals surface area contributed by atoms with Gasteiger partial charge in [-0.05, 0) is 12.0 Å². The zero-order chi connectivity index (χ0) is 16.7. The first-order chi connectivity index (χ1) is 10.4. The minimum Gasteiger partial charge on any atom is -0.480 e. The Bertz CT molecular complexity index is 561. The standard InChI is InChI=1S/C14H19N3O5/c1-3-9(2)13(14(19)20)15-8-12(18)16-10-6-4-5-7-11(10)17(21)22/h4-7,9,13,15H,3,8H2,1-2H3,(H,16,18)(H,19,20)/t9-,13-/m0/s1. The van der Waals surface area contributed by atoms with Crippen LogP contribution in [0.3, 0.4) is 0 Å². The topological polar surface area (TPSA) is 122 Å². The van der Waals surface area contributed by atoms with Crippen LogP contribution in [-0.4, -0.2) is 34.5 Å². The number of carbonyl (C=O) groups is 2. The summed E-state index contributed by atoms with van der Waals surface area (Å²) in [5, 5.41) is 25.0. The molecular weight excluding hydrogens is 290 g/mol. The van der Waals surface area contributed by atoms with Gasteiger partial charge in [0.15, 0.2) is 0 Å². The lowest BCUT2D eigenvalue weighted by Gasteiger charge is -2.19. The molecule has 1 aromatic carbocycles. The van der Waals surface area contributed by atoms with E-state index in [0.29, 0.717) is 6.42 Å². The second-order valence-corrected chi connectivity index (χ2v) is 4.90. The Labute approximate surface area is 127 Å². The largest absolute Gasteiger partial charge is 0.480 e. The number of hydrogen-bond acceptors (Lipinski definition) is 5. The van der Waals surface area contributed by atoms with Gasteiger partial charge in [-0.15, -0.1) is 0 Å². The van der Waals surface area contributed by atoms with Crippen LogP contribution in [0.5, 0.6) is 0 Å². The number of nitro benzene ring substituents is 1. The summed E-state index contributed by atoms with van der Waals surface area (Å²) in [6, 6.07) is 4.91. The number of para-hydroxylation sites is 2. The molecule has 1 amide bonds. The normalized spacial score (nSPS) is 13.2. The summed E-state index contributed by atoms with van der Waals surface area (Å²) in [6.45, 7) is 3.38. The highest BCUT2D eigenvalue weighted by atomic mass is 16.6. The number of carboxylic acid groups (broad SMARTS) is 1. The number of benzene rings is 1. The Kier molecular flexibility index (Phi) is 6.46. The van der Waals surface area contributed by atoms with E-state index in [2.05, 4.69) is 10.6 Å². The molecule has 0 saturated carbocycles. The first kappa shape index (κ1) is 17.6. The fourth-order valence-corrected chi connectivity index (χ4v) is 1.90. The summed E-state index contributed by atoms with van der Waals surface area (Å²) in [6.07, 6.45) is 0.649. The van der Waals surface area contributed by atoms with Crippen molar-refractivity contribution in [3.05, 3.63) is 34.4 Å². The number of nitro groups is 1. The zero-order valence-electron chi connectivity index (χ0n) is 12.4. The van der Waals surface area contributed by atoms with Crippen LogP contribution >= 0.6 is 0 Å². The van der Waals surface area contributed by atoms with Crippen molar-refractivity contribution < 1.29 is 19.6 Å². The van der Waals surface area contributed by atoms with Crippen LogP contribution in [0.25, 0.3) is 0 Å². The third-order valence-corrected chi connectivity index (χ3v) is 3.34. The van der Waals surface area contributed by atoms with E-state index >= 15 is 0 Å². The van der Waals surface area contributed by atoms with Crippen molar-refractivity contribution in [3.8, 4) is 0 Å². The van der Waals surface area contributed by atoms with Gasteiger partial charge in [-0.1, -0.05) is 32.4 Å². The molecule has 120 valence electrons. The van der Waals surface area contributed by atoms with Crippen molar-refractivity contribution >= 4 is 23.3 Å². The van der Waals surface area contributed by atoms with Gasteiger partial charge in [0.05, 0.1) is 11.5 Å². The monoisotopic (exact) mass is 309 g/mol. The molecule has 0 aromatic heterocycles. The molecular formula is C14H19N3O5. The molecule has 2 atom stereocenters. The fourth-order valence-electron chi connectivity index (χ4n) is 1.90. The van der Waals surface area contributed by atoms with E-state index in [4.69, 9.17) is 5.11 Å². The van der Waals surface area contributed by atoms with Gasteiger partial charge in [0.1, 0.15) is 11.7 Å². The van der Waals surface area contributed by atoms with Crippen LogP contribution in [0, 0.1) is 16.0 Å². The summed E-state index contributed by atoms with van der Waals surface area (Å²) in [5.41, 5.74) is -0.137. The number of amides is 1. The molecule has 0 radical (unpaired) electrons. The number of aliphatic carboxylic acids is 1. The van der Waals surface area contributed by atoms with Crippen molar-refractivity contribution in [1.29, 1.82) is 0 Å². The van der Waals surface area contributed by atoms with Gasteiger partial charge in [0.2, 0.25) is 5.91 Å². The lowest BCUT2D eigenvalue weighted by molar-refractivity contribution is -0.383. The molecule has 0 fully saturated rings. The number of carboxylic acids is 1. The van der Waals surface area contributed by atoms with Gasteiger partial charge in [-0.3, -0.25) is 25.0 Å². The molecule has 8 nitrogen and oxygen atoms in total. The maximum absolute atomic E-state index is 11.8. The Balaban J connectivity index is 2.67. The van der Waals surface area contributed by atoms with Gasteiger partial charge in [0.25, 0.3) is 5.69 Å². The maximum atomic E-state index is 11.8. The number of nitrogens with zero attached hydrogens (tertiary/aromatic N) is 1. The average Bonchev–Trinajstić information content (AvgIpc) is 2.47. The quantitative estimate of drug-likeness (QED) is 0.495. The third kappa shape index (κ3) is 4.81. The van der Waals surface area contributed by atoms with Crippen molar-refractivity contribution in [2.24, 2.45) is 5.92 Å². The molecule has 0 heterocycles. The van der Waals surface area contributed by atoms with Crippen molar-refractivity contribution in [3.63, 3.8) is 0 Å². The van der Waals surface area contributed by atoms with Crippen LogP contribution in [0.2, 0.25) is 0 Å². The summed E-state index contributed by atoms with van der Waals surface area (Å²) < 4.78 is 0. The Morgan fingerprint density at radius 2 is 2.00 bits per heavy atom. The van der Waals surface area contributed by atoms with Crippen LogP contribution in [0.1, 0.15) is 20.3 Å². The van der Waals surface area contributed by atoms with E-state index in [0.717, 1.165) is 0 Å². The lowest BCUT2D eigenvalue weighted by Crippen LogP contribution is -2.45. The minimum atomic E-state index is -1.03. The number of rotatable bonds is 8. The number of hydrogen-bond donors (Lipinski definition) is 3. The Hall–Kier alpha value is -2.48. The van der Waals surface area contributed by atoms with Gasteiger partial charge >= 0.3 is 5.97 Å². The van der Waals surface area contributed by atoms with E-state index in [1.807, 2.05) is 6.92 Å². The zero-order valence-corrected chi connectivity index (χ0v) is 12.4. The molecule has 0 bridgehead atoms. The average molecular weight is 309 g/mol. The first-order valence-electron chi connectivity index (χ1n) is 6.86. The summed E-state index contributed by atoms with van der Waals surface area (Å²) in [7, 11) is 0. The highest BCUT2D eigenvalue weighted by Gasteiger charge is 2.24. The molecule has 1 rings (SSSR count). The van der Waals surface area contributed by atoms with E-state index in [-0.39, 0.29) is 23.8 Å². The predicted molar refractivity (Wildman–Crippen MR) is 80.6 cm³/mol. The Morgan fingerprint density at radius 1 is 1.36 bits per heavy atom. The molecule has 0 spiro atoms. The highest BCUT2D eigenvalue weighted by Crippen LogP contribution is 2.22. The molecule has 0 aliphatic carbocycles. The summed E-state index contributed by atoms with van der Waals surface area (Å²) in [5.74, 6) is -1.71. The van der Waals surface area contributed by atoms with Gasteiger partial charge in [0, 0.05) is 6.07 Å². The van der Waals surface area contributed by atoms with Crippen molar-refractivity contribution in [2.75, 3.05) is 11.9 Å². The van der Waals surface area contributed by atoms with Crippen LogP contribution < -0.4 is 10.6 Å². The van der Waals surface area contributed by atoms with Crippen LogP contribution in [0.15, 0.2) is 24.3 Å². The van der Waals surface area contributed by atoms with Gasteiger partial charge in [-0.2, -0.15) is 0 Å². The highest BCUT2D eigenvalue weighted by molar-refractivity contribution is 5.94. The lowest BCUT2D eigenvalue weighted by atomic mass is 9.99. The maximum Gasteiger partial charge on any atom is 0.320 e. The third-order valence-electron chi connectivity index (χ3n) is 3.34. The second-order valence-electron chi connectivity index (χ2n) is 4.90. The SMILES string of the molecule is CC[C@H](C)[C@H](NCC(=O)Nc1ccccc1[N+](=O)[O-])C(=O)O. The molecule has 22 heavy (non-hydrogen) atoms. The number of anilines is 1. The molecule has 0 aliphatic heterocycles. The molecule has 3 N–H and O–H groups in total. The predicted octanol–water partition coefficient (Wildman–Crippen LogP) is 1.62. The van der Waals surface area contributed by atoms with Gasteiger partial charge in [-0.25, -0.2) is 0 Å². The van der Waals surface area contributed by atoms with Crippen LogP contribution in [0.4, 0.5) is 11.4 Å².